The summed E-state index contributed by atoms with van der Waals surface area (Å²) in [4.78, 5) is 79.6. The number of alkyl halides is 3. The summed E-state index contributed by atoms with van der Waals surface area (Å²) < 4.78 is 11.2. The Bertz CT molecular complexity index is 2850. The SMILES string of the molecule is CCOc1ccc(CCCl)c(NC(=O)c2cccc(N=NC(C(C)=O)C(=O)Nc3ccc(NC(=O)C(N=Nc4cccc(C(=O)Nc5cc(OCC)ccc5CCCl)c4Cl)C(C)=O)c(CCCl)c3)c2Cl)c1. The van der Waals surface area contributed by atoms with Gasteiger partial charge in [0.05, 0.1) is 34.4 Å². The van der Waals surface area contributed by atoms with Crippen molar-refractivity contribution in [2.24, 2.45) is 20.5 Å². The predicted molar refractivity (Wildman–Crippen MR) is 279 cm³/mol. The number of carbonyl (C=O) groups is 6. The fraction of sp³-hybridized carbons (Fsp3) is 0.280. The molecule has 16 nitrogen and oxygen atoms in total. The van der Waals surface area contributed by atoms with E-state index in [4.69, 9.17) is 67.5 Å². The van der Waals surface area contributed by atoms with Gasteiger partial charge in [0.25, 0.3) is 23.6 Å². The molecule has 4 amide bonds. The second-order valence-corrected chi connectivity index (χ2v) is 17.2. The standard InChI is InChI=1S/C50H49Cl5N8O8/c1-5-70-34-16-13-30(19-22-51)41(26-34)58-47(66)36-9-7-11-39(43(36)54)60-62-45(28(3)64)49(68)56-33-15-18-38(32(25-33)21-24-53)57-50(69)46(29(4)65)63-61-40-12-8-10-37(44(40)55)48(67)59-42-27-35(71-6-2)17-14-31(42)20-23-52/h7-18,25-27,45-46H,5-6,19-24H2,1-4H3,(H,56,68)(H,57,69)(H,58,66)(H,59,67). The van der Waals surface area contributed by atoms with E-state index in [1.165, 1.54) is 54.6 Å². The molecule has 0 aliphatic carbocycles. The summed E-state index contributed by atoms with van der Waals surface area (Å²) in [5, 5.41) is 27.0. The first-order valence-electron chi connectivity index (χ1n) is 22.1. The van der Waals surface area contributed by atoms with Crippen molar-refractivity contribution in [2.45, 2.75) is 59.0 Å². The minimum atomic E-state index is -1.64. The normalized spacial score (nSPS) is 12.0. The highest BCUT2D eigenvalue weighted by Crippen LogP contribution is 2.33. The molecule has 0 saturated heterocycles. The van der Waals surface area contributed by atoms with Crippen molar-refractivity contribution >= 4 is 127 Å². The van der Waals surface area contributed by atoms with Gasteiger partial charge >= 0.3 is 0 Å². The Morgan fingerprint density at radius 1 is 0.521 bits per heavy atom. The Kier molecular flexibility index (Phi) is 21.3. The topological polar surface area (TPSA) is 218 Å². The lowest BCUT2D eigenvalue weighted by molar-refractivity contribution is -0.127. The lowest BCUT2D eigenvalue weighted by atomic mass is 10.1. The van der Waals surface area contributed by atoms with Crippen molar-refractivity contribution < 1.29 is 38.2 Å². The number of halogens is 5. The van der Waals surface area contributed by atoms with Crippen LogP contribution in [0.4, 0.5) is 34.1 Å². The number of ketones is 2. The van der Waals surface area contributed by atoms with Gasteiger partial charge in [0.2, 0.25) is 12.1 Å². The molecule has 0 heterocycles. The number of azo groups is 2. The van der Waals surface area contributed by atoms with E-state index in [0.717, 1.165) is 25.0 Å². The Hall–Kier alpha value is -6.43. The van der Waals surface area contributed by atoms with Crippen molar-refractivity contribution in [1.82, 2.24) is 0 Å². The number of rotatable bonds is 24. The van der Waals surface area contributed by atoms with E-state index in [9.17, 15) is 28.8 Å². The van der Waals surface area contributed by atoms with Crippen LogP contribution in [0.1, 0.15) is 65.1 Å². The number of hydrogen-bond acceptors (Lipinski definition) is 12. The van der Waals surface area contributed by atoms with Gasteiger partial charge in [0.15, 0.2) is 11.6 Å². The van der Waals surface area contributed by atoms with E-state index in [-0.39, 0.29) is 56.2 Å². The fourth-order valence-electron chi connectivity index (χ4n) is 6.81. The predicted octanol–water partition coefficient (Wildman–Crippen LogP) is 12.0. The summed E-state index contributed by atoms with van der Waals surface area (Å²) in [6.07, 6.45) is 1.16. The average molecular weight is 1070 g/mol. The van der Waals surface area contributed by atoms with Gasteiger partial charge in [-0.3, -0.25) is 28.8 Å². The minimum absolute atomic E-state index is 0.0192. The third kappa shape index (κ3) is 15.3. The van der Waals surface area contributed by atoms with Crippen LogP contribution < -0.4 is 30.7 Å². The Morgan fingerprint density at radius 2 is 0.958 bits per heavy atom. The first kappa shape index (κ1) is 55.5. The van der Waals surface area contributed by atoms with E-state index < -0.39 is 47.3 Å². The summed E-state index contributed by atoms with van der Waals surface area (Å²) in [5.41, 5.74) is 3.58. The van der Waals surface area contributed by atoms with Gasteiger partial charge in [-0.25, -0.2) is 0 Å². The van der Waals surface area contributed by atoms with Crippen LogP contribution in [0.2, 0.25) is 10.0 Å². The van der Waals surface area contributed by atoms with Crippen LogP contribution in [0.5, 0.6) is 11.5 Å². The molecule has 5 aromatic carbocycles. The van der Waals surface area contributed by atoms with E-state index in [1.54, 1.807) is 24.3 Å². The highest BCUT2D eigenvalue weighted by atomic mass is 35.5. The van der Waals surface area contributed by atoms with Crippen molar-refractivity contribution in [1.29, 1.82) is 0 Å². The van der Waals surface area contributed by atoms with Gasteiger partial charge in [0, 0.05) is 52.5 Å². The van der Waals surface area contributed by atoms with E-state index in [1.807, 2.05) is 26.0 Å². The summed E-state index contributed by atoms with van der Waals surface area (Å²) in [5.74, 6) is -2.27. The highest BCUT2D eigenvalue weighted by Gasteiger charge is 2.27. The summed E-state index contributed by atoms with van der Waals surface area (Å²) >= 11 is 31.4. The molecule has 2 unspecified atom stereocenters. The number of ether oxygens (including phenoxy) is 2. The molecule has 5 aromatic rings. The van der Waals surface area contributed by atoms with Crippen LogP contribution in [0, 0.1) is 0 Å². The number of anilines is 4. The monoisotopic (exact) mass is 1060 g/mol. The summed E-state index contributed by atoms with van der Waals surface area (Å²) in [6.45, 7) is 6.85. The smallest absolute Gasteiger partial charge is 0.258 e. The quantitative estimate of drug-likeness (QED) is 0.0264. The van der Waals surface area contributed by atoms with Gasteiger partial charge in [-0.05, 0) is 118 Å². The number of Topliss-reactive ketones (excluding diaryl/α,β-unsaturated/α-hetero) is 2. The molecule has 0 aliphatic heterocycles. The second kappa shape index (κ2) is 27.2. The molecule has 0 saturated carbocycles. The van der Waals surface area contributed by atoms with Crippen LogP contribution >= 0.6 is 58.0 Å². The molecule has 372 valence electrons. The molecule has 0 radical (unpaired) electrons. The minimum Gasteiger partial charge on any atom is -0.494 e. The van der Waals surface area contributed by atoms with Crippen molar-refractivity contribution in [2.75, 3.05) is 52.1 Å². The summed E-state index contributed by atoms with van der Waals surface area (Å²) in [7, 11) is 0. The molecule has 0 spiro atoms. The van der Waals surface area contributed by atoms with Crippen molar-refractivity contribution in [3.05, 3.63) is 129 Å². The van der Waals surface area contributed by atoms with E-state index in [0.29, 0.717) is 66.3 Å². The zero-order valence-electron chi connectivity index (χ0n) is 38.9. The fourth-order valence-corrected chi connectivity index (χ4v) is 7.92. The third-order valence-corrected chi connectivity index (χ3v) is 11.6. The molecule has 0 aromatic heterocycles. The van der Waals surface area contributed by atoms with Gasteiger partial charge in [-0.15, -0.1) is 34.8 Å². The third-order valence-electron chi connectivity index (χ3n) is 10.3. The second-order valence-electron chi connectivity index (χ2n) is 15.3. The number of carbonyl (C=O) groups excluding carboxylic acids is 6. The molecule has 0 fully saturated rings. The van der Waals surface area contributed by atoms with Crippen LogP contribution in [0.15, 0.2) is 111 Å². The van der Waals surface area contributed by atoms with Gasteiger partial charge in [-0.2, -0.15) is 20.5 Å². The van der Waals surface area contributed by atoms with E-state index in [2.05, 4.69) is 41.7 Å². The van der Waals surface area contributed by atoms with Crippen LogP contribution in [-0.4, -0.2) is 78.1 Å². The molecule has 4 N–H and O–H groups in total. The molecule has 71 heavy (non-hydrogen) atoms. The van der Waals surface area contributed by atoms with Gasteiger partial charge in [0.1, 0.15) is 22.9 Å². The summed E-state index contributed by atoms with van der Waals surface area (Å²) in [6, 6.07) is 20.7. The maximum Gasteiger partial charge on any atom is 0.258 e. The number of nitrogens with one attached hydrogen (secondary N) is 4. The average Bonchev–Trinajstić information content (AvgIpc) is 3.32. The molecular weight excluding hydrogens is 1020 g/mol. The van der Waals surface area contributed by atoms with E-state index >= 15 is 0 Å². The van der Waals surface area contributed by atoms with Crippen molar-refractivity contribution in [3.8, 4) is 11.5 Å². The molecule has 2 atom stereocenters. The maximum atomic E-state index is 13.6. The number of nitrogens with zero attached hydrogens (tertiary/aromatic N) is 4. The Balaban J connectivity index is 1.29. The zero-order valence-corrected chi connectivity index (χ0v) is 42.7. The highest BCUT2D eigenvalue weighted by molar-refractivity contribution is 6.37. The zero-order chi connectivity index (χ0) is 51.6. The van der Waals surface area contributed by atoms with Crippen LogP contribution in [0.25, 0.3) is 0 Å². The van der Waals surface area contributed by atoms with Crippen LogP contribution in [-0.2, 0) is 38.4 Å². The maximum absolute atomic E-state index is 13.6. The lowest BCUT2D eigenvalue weighted by Gasteiger charge is -2.16. The Labute approximate surface area is 435 Å². The number of amides is 4. The molecule has 0 aliphatic rings. The number of aryl methyl sites for hydroxylation is 3. The molecular formula is C50H49Cl5N8O8. The first-order valence-corrected chi connectivity index (χ1v) is 24.4. The first-order chi connectivity index (χ1) is 34.1. The molecule has 0 bridgehead atoms. The number of hydrogen-bond donors (Lipinski definition) is 4. The largest absolute Gasteiger partial charge is 0.494 e. The molecule has 21 heteroatoms. The lowest BCUT2D eigenvalue weighted by Crippen LogP contribution is -2.32. The number of benzene rings is 5. The molecule has 5 rings (SSSR count). The van der Waals surface area contributed by atoms with Gasteiger partial charge in [-0.1, -0.05) is 47.5 Å². The van der Waals surface area contributed by atoms with Crippen molar-refractivity contribution in [3.63, 3.8) is 0 Å². The van der Waals surface area contributed by atoms with Gasteiger partial charge < -0.3 is 30.7 Å². The Morgan fingerprint density at radius 3 is 1.38 bits per heavy atom. The van der Waals surface area contributed by atoms with Crippen LogP contribution in [0.3, 0.4) is 0 Å².